The third-order valence-corrected chi connectivity index (χ3v) is 4.41. The van der Waals surface area contributed by atoms with Crippen molar-refractivity contribution in [2.24, 2.45) is 0 Å². The van der Waals surface area contributed by atoms with Crippen LogP contribution in [0.2, 0.25) is 0 Å². The lowest BCUT2D eigenvalue weighted by Gasteiger charge is -2.07. The highest BCUT2D eigenvalue weighted by Gasteiger charge is 2.17. The van der Waals surface area contributed by atoms with Gasteiger partial charge in [-0.05, 0) is 23.6 Å². The van der Waals surface area contributed by atoms with E-state index in [9.17, 15) is 8.42 Å². The molecule has 0 aromatic heterocycles. The lowest BCUT2D eigenvalue weighted by molar-refractivity contribution is 0.596. The minimum Gasteiger partial charge on any atom is -0.384 e. The van der Waals surface area contributed by atoms with E-state index in [1.165, 1.54) is 5.56 Å². The van der Waals surface area contributed by atoms with Gasteiger partial charge in [-0.15, -0.1) is 0 Å². The van der Waals surface area contributed by atoms with Crippen molar-refractivity contribution >= 4 is 15.5 Å². The van der Waals surface area contributed by atoms with Crippen LogP contribution in [0.4, 0.5) is 5.69 Å². The molecule has 82 valence electrons. The summed E-state index contributed by atoms with van der Waals surface area (Å²) >= 11 is 0. The van der Waals surface area contributed by atoms with Crippen LogP contribution in [0.1, 0.15) is 18.1 Å². The van der Waals surface area contributed by atoms with Crippen molar-refractivity contribution in [3.05, 3.63) is 29.3 Å². The van der Waals surface area contributed by atoms with E-state index < -0.39 is 9.84 Å². The maximum Gasteiger partial charge on any atom is 0.154 e. The van der Waals surface area contributed by atoms with Gasteiger partial charge in [0, 0.05) is 18.0 Å². The summed E-state index contributed by atoms with van der Waals surface area (Å²) in [5.74, 6) is 0.387. The lowest BCUT2D eigenvalue weighted by atomic mass is 10.1. The number of anilines is 1. The van der Waals surface area contributed by atoms with E-state index in [1.54, 1.807) is 6.92 Å². The molecule has 0 atom stereocenters. The van der Waals surface area contributed by atoms with E-state index in [2.05, 4.69) is 5.32 Å². The molecule has 0 fully saturated rings. The van der Waals surface area contributed by atoms with E-state index in [0.717, 1.165) is 24.2 Å². The van der Waals surface area contributed by atoms with Gasteiger partial charge in [0.05, 0.1) is 5.75 Å². The van der Waals surface area contributed by atoms with Crippen LogP contribution in [-0.4, -0.2) is 20.7 Å². The molecular weight excluding hydrogens is 210 g/mol. The van der Waals surface area contributed by atoms with Gasteiger partial charge in [0.15, 0.2) is 9.84 Å². The highest BCUT2D eigenvalue weighted by molar-refractivity contribution is 7.90. The predicted molar refractivity (Wildman–Crippen MR) is 61.8 cm³/mol. The predicted octanol–water partition coefficient (Wildman–Crippen LogP) is 1.59. The summed E-state index contributed by atoms with van der Waals surface area (Å²) in [6.45, 7) is 2.61. The largest absolute Gasteiger partial charge is 0.384 e. The molecule has 0 aliphatic carbocycles. The van der Waals surface area contributed by atoms with Gasteiger partial charge in [-0.25, -0.2) is 8.42 Å². The molecule has 1 aliphatic heterocycles. The van der Waals surface area contributed by atoms with Gasteiger partial charge in [-0.3, -0.25) is 0 Å². The van der Waals surface area contributed by atoms with Crippen LogP contribution in [0.3, 0.4) is 0 Å². The monoisotopic (exact) mass is 225 g/mol. The Bertz CT molecular complexity index is 465. The second-order valence-electron chi connectivity index (χ2n) is 3.80. The Balaban J connectivity index is 2.34. The Hall–Kier alpha value is -1.03. The van der Waals surface area contributed by atoms with Crippen molar-refractivity contribution in [3.63, 3.8) is 0 Å². The molecule has 1 aliphatic rings. The summed E-state index contributed by atoms with van der Waals surface area (Å²) in [7, 11) is -2.92. The molecule has 15 heavy (non-hydrogen) atoms. The van der Waals surface area contributed by atoms with Gasteiger partial charge in [-0.2, -0.15) is 0 Å². The first-order valence-corrected chi connectivity index (χ1v) is 6.99. The number of fused-ring (bicyclic) bond motifs is 1. The zero-order valence-corrected chi connectivity index (χ0v) is 9.60. The van der Waals surface area contributed by atoms with E-state index in [-0.39, 0.29) is 11.5 Å². The zero-order valence-electron chi connectivity index (χ0n) is 8.79. The average molecular weight is 225 g/mol. The first-order chi connectivity index (χ1) is 7.12. The third kappa shape index (κ3) is 2.15. The first-order valence-electron chi connectivity index (χ1n) is 5.17. The number of hydrogen-bond acceptors (Lipinski definition) is 3. The Morgan fingerprint density at radius 3 is 2.93 bits per heavy atom. The first kappa shape index (κ1) is 10.5. The zero-order chi connectivity index (χ0) is 10.9. The van der Waals surface area contributed by atoms with Crippen LogP contribution in [0.5, 0.6) is 0 Å². The molecule has 0 amide bonds. The molecule has 0 saturated heterocycles. The maximum absolute atomic E-state index is 11.5. The number of sulfone groups is 1. The second kappa shape index (κ2) is 3.85. The van der Waals surface area contributed by atoms with Crippen LogP contribution >= 0.6 is 0 Å². The van der Waals surface area contributed by atoms with Crippen molar-refractivity contribution in [2.75, 3.05) is 17.6 Å². The Labute approximate surface area is 90.4 Å². The van der Waals surface area contributed by atoms with Crippen molar-refractivity contribution < 1.29 is 8.42 Å². The van der Waals surface area contributed by atoms with Gasteiger partial charge in [-0.1, -0.05) is 19.1 Å². The number of hydrogen-bond donors (Lipinski definition) is 1. The minimum atomic E-state index is -2.92. The molecule has 4 heteroatoms. The SMILES string of the molecule is CCS(=O)(=O)Cc1cccc2c1CCN2. The van der Waals surface area contributed by atoms with Crippen LogP contribution < -0.4 is 5.32 Å². The van der Waals surface area contributed by atoms with Gasteiger partial charge in [0.2, 0.25) is 0 Å². The normalized spacial score (nSPS) is 14.7. The molecule has 0 spiro atoms. The lowest BCUT2D eigenvalue weighted by Crippen LogP contribution is -2.08. The maximum atomic E-state index is 11.5. The fraction of sp³-hybridized carbons (Fsp3) is 0.455. The molecule has 1 aromatic carbocycles. The number of benzene rings is 1. The molecule has 2 rings (SSSR count). The number of rotatable bonds is 3. The van der Waals surface area contributed by atoms with Gasteiger partial charge in [0.1, 0.15) is 0 Å². The molecule has 1 N–H and O–H groups in total. The van der Waals surface area contributed by atoms with Gasteiger partial charge in [0.25, 0.3) is 0 Å². The Morgan fingerprint density at radius 1 is 1.40 bits per heavy atom. The molecule has 3 nitrogen and oxygen atoms in total. The minimum absolute atomic E-state index is 0.175. The summed E-state index contributed by atoms with van der Waals surface area (Å²) in [5.41, 5.74) is 3.23. The van der Waals surface area contributed by atoms with Crippen molar-refractivity contribution in [2.45, 2.75) is 19.1 Å². The summed E-state index contributed by atoms with van der Waals surface area (Å²) in [4.78, 5) is 0. The van der Waals surface area contributed by atoms with Crippen molar-refractivity contribution in [3.8, 4) is 0 Å². The van der Waals surface area contributed by atoms with Crippen LogP contribution in [-0.2, 0) is 22.0 Å². The Morgan fingerprint density at radius 2 is 2.20 bits per heavy atom. The van der Waals surface area contributed by atoms with Gasteiger partial charge < -0.3 is 5.32 Å². The quantitative estimate of drug-likeness (QED) is 0.849. The van der Waals surface area contributed by atoms with E-state index >= 15 is 0 Å². The van der Waals surface area contributed by atoms with E-state index in [1.807, 2.05) is 18.2 Å². The molecule has 0 bridgehead atoms. The summed E-state index contributed by atoms with van der Waals surface area (Å²) < 4.78 is 23.1. The summed E-state index contributed by atoms with van der Waals surface area (Å²) in [6.07, 6.45) is 0.935. The van der Waals surface area contributed by atoms with Crippen LogP contribution in [0.15, 0.2) is 18.2 Å². The smallest absolute Gasteiger partial charge is 0.154 e. The van der Waals surface area contributed by atoms with E-state index in [0.29, 0.717) is 0 Å². The average Bonchev–Trinajstić information content (AvgIpc) is 2.66. The standard InChI is InChI=1S/C11H15NO2S/c1-2-15(13,14)8-9-4-3-5-11-10(9)6-7-12-11/h3-5,12H,2,6-8H2,1H3. The van der Waals surface area contributed by atoms with Crippen LogP contribution in [0, 0.1) is 0 Å². The fourth-order valence-electron chi connectivity index (χ4n) is 1.89. The highest BCUT2D eigenvalue weighted by atomic mass is 32.2. The Kier molecular flexibility index (Phi) is 2.69. The molecule has 0 saturated carbocycles. The third-order valence-electron chi connectivity index (χ3n) is 2.78. The second-order valence-corrected chi connectivity index (χ2v) is 6.15. The molecule has 1 heterocycles. The fourth-order valence-corrected chi connectivity index (χ4v) is 2.84. The highest BCUT2D eigenvalue weighted by Crippen LogP contribution is 2.26. The van der Waals surface area contributed by atoms with Crippen molar-refractivity contribution in [1.29, 1.82) is 0 Å². The van der Waals surface area contributed by atoms with Gasteiger partial charge >= 0.3 is 0 Å². The topological polar surface area (TPSA) is 46.2 Å². The molecule has 0 radical (unpaired) electrons. The van der Waals surface area contributed by atoms with Crippen LogP contribution in [0.25, 0.3) is 0 Å². The molecule has 0 unspecified atom stereocenters. The summed E-state index contributed by atoms with van der Waals surface area (Å²) in [6, 6.07) is 5.83. The number of nitrogens with one attached hydrogen (secondary N) is 1. The summed E-state index contributed by atoms with van der Waals surface area (Å²) in [5, 5.41) is 3.25. The van der Waals surface area contributed by atoms with Crippen molar-refractivity contribution in [1.82, 2.24) is 0 Å². The van der Waals surface area contributed by atoms with E-state index in [4.69, 9.17) is 0 Å². The molecule has 1 aromatic rings. The molecular formula is C11H15NO2S.